The molecule has 1 rings (SSSR count). The fraction of sp³-hybridized carbons (Fsp3) is 0.333. The minimum atomic E-state index is -0.532. The van der Waals surface area contributed by atoms with E-state index in [4.69, 9.17) is 17.3 Å². The van der Waals surface area contributed by atoms with Crippen LogP contribution in [0, 0.1) is 5.82 Å². The highest BCUT2D eigenvalue weighted by Crippen LogP contribution is 2.25. The number of halogens is 2. The van der Waals surface area contributed by atoms with Crippen molar-refractivity contribution in [1.29, 1.82) is 0 Å². The lowest BCUT2D eigenvalue weighted by atomic mass is 10.1. The van der Waals surface area contributed by atoms with Gasteiger partial charge in [-0.1, -0.05) is 11.6 Å². The number of nitrogens with two attached hydrogens (primary N) is 1. The molecule has 0 amide bonds. The molecule has 0 aliphatic rings. The van der Waals surface area contributed by atoms with Gasteiger partial charge in [0.15, 0.2) is 0 Å². The Hall–Kier alpha value is -0.800. The van der Waals surface area contributed by atoms with Crippen molar-refractivity contribution in [2.45, 2.75) is 19.4 Å². The Morgan fingerprint density at radius 2 is 2.23 bits per heavy atom. The summed E-state index contributed by atoms with van der Waals surface area (Å²) in [5.41, 5.74) is 6.00. The standard InChI is InChI=1S/C9H11ClFNO/c1-5(12)2-6-3-8(11)7(10)4-9(6)13/h3-5,13H,2,12H2,1H3. The van der Waals surface area contributed by atoms with Gasteiger partial charge in [0.05, 0.1) is 5.02 Å². The quantitative estimate of drug-likeness (QED) is 0.773. The number of rotatable bonds is 2. The van der Waals surface area contributed by atoms with Gasteiger partial charge in [-0.25, -0.2) is 4.39 Å². The van der Waals surface area contributed by atoms with Crippen LogP contribution in [0.25, 0.3) is 0 Å². The van der Waals surface area contributed by atoms with E-state index in [0.29, 0.717) is 12.0 Å². The highest BCUT2D eigenvalue weighted by Gasteiger charge is 2.08. The van der Waals surface area contributed by atoms with Crippen LogP contribution in [0.5, 0.6) is 5.75 Å². The molecule has 1 atom stereocenters. The molecule has 0 aliphatic carbocycles. The first-order valence-electron chi connectivity index (χ1n) is 3.93. The molecule has 2 nitrogen and oxygen atoms in total. The van der Waals surface area contributed by atoms with Gasteiger partial charge in [0, 0.05) is 12.1 Å². The number of phenolic OH excluding ortho intramolecular Hbond substituents is 1. The van der Waals surface area contributed by atoms with Crippen molar-refractivity contribution in [2.24, 2.45) is 5.73 Å². The lowest BCUT2D eigenvalue weighted by Crippen LogP contribution is -2.17. The van der Waals surface area contributed by atoms with E-state index in [9.17, 15) is 9.50 Å². The third-order valence-electron chi connectivity index (χ3n) is 1.66. The zero-order valence-corrected chi connectivity index (χ0v) is 7.98. The number of aromatic hydroxyl groups is 1. The predicted molar refractivity (Wildman–Crippen MR) is 50.4 cm³/mol. The van der Waals surface area contributed by atoms with E-state index in [-0.39, 0.29) is 16.8 Å². The van der Waals surface area contributed by atoms with Crippen molar-refractivity contribution in [3.05, 3.63) is 28.5 Å². The summed E-state index contributed by atoms with van der Waals surface area (Å²) >= 11 is 5.46. The van der Waals surface area contributed by atoms with Crippen LogP contribution in [-0.2, 0) is 6.42 Å². The first-order chi connectivity index (χ1) is 6.00. The van der Waals surface area contributed by atoms with E-state index in [2.05, 4.69) is 0 Å². The highest BCUT2D eigenvalue weighted by molar-refractivity contribution is 6.30. The smallest absolute Gasteiger partial charge is 0.142 e. The van der Waals surface area contributed by atoms with E-state index >= 15 is 0 Å². The molecular formula is C9H11ClFNO. The summed E-state index contributed by atoms with van der Waals surface area (Å²) in [6.45, 7) is 1.78. The molecule has 0 heterocycles. The lowest BCUT2D eigenvalue weighted by molar-refractivity contribution is 0.463. The predicted octanol–water partition coefficient (Wildman–Crippen LogP) is 2.07. The summed E-state index contributed by atoms with van der Waals surface area (Å²) in [5.74, 6) is -0.543. The van der Waals surface area contributed by atoms with Crippen LogP contribution in [0.3, 0.4) is 0 Å². The molecule has 0 saturated heterocycles. The van der Waals surface area contributed by atoms with Crippen LogP contribution in [0.2, 0.25) is 5.02 Å². The third kappa shape index (κ3) is 2.57. The average molecular weight is 204 g/mol. The zero-order chi connectivity index (χ0) is 10.0. The molecule has 72 valence electrons. The second-order valence-electron chi connectivity index (χ2n) is 3.08. The maximum Gasteiger partial charge on any atom is 0.142 e. The summed E-state index contributed by atoms with van der Waals surface area (Å²) in [6, 6.07) is 2.28. The molecule has 1 unspecified atom stereocenters. The topological polar surface area (TPSA) is 46.2 Å². The molecule has 4 heteroatoms. The van der Waals surface area contributed by atoms with Gasteiger partial charge in [0.1, 0.15) is 11.6 Å². The fourth-order valence-electron chi connectivity index (χ4n) is 1.09. The Labute approximate surface area is 81.1 Å². The molecule has 0 fully saturated rings. The first kappa shape index (κ1) is 10.3. The third-order valence-corrected chi connectivity index (χ3v) is 1.95. The minimum absolute atomic E-state index is 0.0105. The molecule has 0 aliphatic heterocycles. The van der Waals surface area contributed by atoms with Gasteiger partial charge >= 0.3 is 0 Å². The van der Waals surface area contributed by atoms with E-state index in [1.54, 1.807) is 6.92 Å². The van der Waals surface area contributed by atoms with Crippen LogP contribution < -0.4 is 5.73 Å². The molecule has 13 heavy (non-hydrogen) atoms. The molecule has 0 spiro atoms. The minimum Gasteiger partial charge on any atom is -0.508 e. The van der Waals surface area contributed by atoms with Crippen molar-refractivity contribution in [2.75, 3.05) is 0 Å². The summed E-state index contributed by atoms with van der Waals surface area (Å²) in [4.78, 5) is 0. The molecule has 1 aromatic carbocycles. The Morgan fingerprint density at radius 1 is 1.62 bits per heavy atom. The van der Waals surface area contributed by atoms with Gasteiger partial charge in [-0.3, -0.25) is 0 Å². The largest absolute Gasteiger partial charge is 0.508 e. The van der Waals surface area contributed by atoms with Crippen molar-refractivity contribution in [1.82, 2.24) is 0 Å². The van der Waals surface area contributed by atoms with Crippen molar-refractivity contribution >= 4 is 11.6 Å². The Morgan fingerprint density at radius 3 is 2.77 bits per heavy atom. The van der Waals surface area contributed by atoms with Crippen LogP contribution in [-0.4, -0.2) is 11.1 Å². The summed E-state index contributed by atoms with van der Waals surface area (Å²) in [5, 5.41) is 9.28. The van der Waals surface area contributed by atoms with Crippen LogP contribution >= 0.6 is 11.6 Å². The van der Waals surface area contributed by atoms with Gasteiger partial charge < -0.3 is 10.8 Å². The lowest BCUT2D eigenvalue weighted by Gasteiger charge is -2.08. The van der Waals surface area contributed by atoms with Crippen LogP contribution in [0.1, 0.15) is 12.5 Å². The first-order valence-corrected chi connectivity index (χ1v) is 4.31. The maximum absolute atomic E-state index is 12.9. The Bertz CT molecular complexity index is 315. The van der Waals surface area contributed by atoms with E-state index in [1.165, 1.54) is 12.1 Å². The molecule has 3 N–H and O–H groups in total. The SMILES string of the molecule is CC(N)Cc1cc(F)c(Cl)cc1O. The summed E-state index contributed by atoms with van der Waals surface area (Å²) < 4.78 is 12.9. The van der Waals surface area contributed by atoms with Crippen molar-refractivity contribution < 1.29 is 9.50 Å². The number of hydrogen-bond donors (Lipinski definition) is 2. The van der Waals surface area contributed by atoms with E-state index in [1.807, 2.05) is 0 Å². The second-order valence-corrected chi connectivity index (χ2v) is 3.48. The van der Waals surface area contributed by atoms with Gasteiger partial charge in [-0.2, -0.15) is 0 Å². The van der Waals surface area contributed by atoms with Gasteiger partial charge in [0.25, 0.3) is 0 Å². The normalized spacial score (nSPS) is 12.9. The molecule has 0 aromatic heterocycles. The number of hydrogen-bond acceptors (Lipinski definition) is 2. The fourth-order valence-corrected chi connectivity index (χ4v) is 1.25. The molecule has 0 bridgehead atoms. The Balaban J connectivity index is 3.01. The molecule has 0 saturated carbocycles. The molecule has 1 aromatic rings. The highest BCUT2D eigenvalue weighted by atomic mass is 35.5. The molecular weight excluding hydrogens is 193 g/mol. The Kier molecular flexibility index (Phi) is 3.12. The van der Waals surface area contributed by atoms with E-state index < -0.39 is 5.82 Å². The van der Waals surface area contributed by atoms with Crippen molar-refractivity contribution in [3.63, 3.8) is 0 Å². The molecule has 0 radical (unpaired) electrons. The van der Waals surface area contributed by atoms with Crippen LogP contribution in [0.4, 0.5) is 4.39 Å². The van der Waals surface area contributed by atoms with E-state index in [0.717, 1.165) is 0 Å². The maximum atomic E-state index is 12.9. The summed E-state index contributed by atoms with van der Waals surface area (Å²) in [7, 11) is 0. The number of benzene rings is 1. The van der Waals surface area contributed by atoms with Gasteiger partial charge in [0.2, 0.25) is 0 Å². The second kappa shape index (κ2) is 3.94. The van der Waals surface area contributed by atoms with Crippen LogP contribution in [0.15, 0.2) is 12.1 Å². The van der Waals surface area contributed by atoms with Crippen molar-refractivity contribution in [3.8, 4) is 5.75 Å². The summed E-state index contributed by atoms with van der Waals surface area (Å²) in [6.07, 6.45) is 0.430. The van der Waals surface area contributed by atoms with Gasteiger partial charge in [-0.15, -0.1) is 0 Å². The zero-order valence-electron chi connectivity index (χ0n) is 7.22. The average Bonchev–Trinajstić information content (AvgIpc) is 1.99. The van der Waals surface area contributed by atoms with Gasteiger partial charge in [-0.05, 0) is 25.0 Å². The number of phenols is 1. The monoisotopic (exact) mass is 203 g/mol.